The molecule has 0 atom stereocenters. The first-order valence-electron chi connectivity index (χ1n) is 6.98. The van der Waals surface area contributed by atoms with Crippen LogP contribution < -0.4 is 15.4 Å². The number of carbonyl (C=O) groups excluding carboxylic acids is 1. The number of rotatable bonds is 5. The number of nitrogens with one attached hydrogen (secondary N) is 2. The van der Waals surface area contributed by atoms with Crippen LogP contribution in [0.5, 0.6) is 5.19 Å². The van der Waals surface area contributed by atoms with E-state index in [2.05, 4.69) is 30.8 Å². The number of hydrogen-bond acceptors (Lipinski definition) is 7. The molecule has 11 heteroatoms. The lowest BCUT2D eigenvalue weighted by atomic mass is 10.2. The molecule has 0 aromatic carbocycles. The molecule has 3 aromatic rings. The highest BCUT2D eigenvalue weighted by atomic mass is 32.1. The van der Waals surface area contributed by atoms with Gasteiger partial charge in [0.25, 0.3) is 5.19 Å². The maximum atomic E-state index is 12.3. The molecule has 0 radical (unpaired) electrons. The monoisotopic (exact) mass is 348 g/mol. The van der Waals surface area contributed by atoms with E-state index in [0.29, 0.717) is 22.0 Å². The lowest BCUT2D eigenvalue weighted by molar-refractivity contribution is 0.249. The van der Waals surface area contributed by atoms with Crippen LogP contribution in [0.2, 0.25) is 0 Å². The van der Waals surface area contributed by atoms with Crippen molar-refractivity contribution in [2.75, 3.05) is 12.4 Å². The predicted octanol–water partition coefficient (Wildman–Crippen LogP) is 0.925. The van der Waals surface area contributed by atoms with Gasteiger partial charge in [0.15, 0.2) is 0 Å². The Morgan fingerprint density at radius 2 is 1.79 bits per heavy atom. The molecule has 2 N–H and O–H groups in total. The van der Waals surface area contributed by atoms with Gasteiger partial charge in [-0.3, -0.25) is 5.32 Å². The summed E-state index contributed by atoms with van der Waals surface area (Å²) in [5, 5.41) is 13.8. The molecule has 0 bridgehead atoms. The van der Waals surface area contributed by atoms with Crippen molar-refractivity contribution >= 4 is 22.5 Å². The second-order valence-corrected chi connectivity index (χ2v) is 5.84. The summed E-state index contributed by atoms with van der Waals surface area (Å²) in [4.78, 5) is 21.0. The van der Waals surface area contributed by atoms with E-state index in [9.17, 15) is 4.79 Å². The summed E-state index contributed by atoms with van der Waals surface area (Å²) in [5.74, 6) is 1.32. The molecule has 24 heavy (non-hydrogen) atoms. The number of nitrogens with zero attached hydrogens (tertiary/aromatic N) is 6. The third-order valence-corrected chi connectivity index (χ3v) is 4.11. The second kappa shape index (κ2) is 6.66. The van der Waals surface area contributed by atoms with E-state index in [-0.39, 0.29) is 0 Å². The summed E-state index contributed by atoms with van der Waals surface area (Å²) in [6, 6.07) is -0.954. The zero-order chi connectivity index (χ0) is 17.1. The van der Waals surface area contributed by atoms with Crippen molar-refractivity contribution in [3.63, 3.8) is 0 Å². The number of imidazole rings is 2. The van der Waals surface area contributed by atoms with Gasteiger partial charge in [-0.05, 0) is 11.3 Å². The smallest absolute Gasteiger partial charge is 0.322 e. The summed E-state index contributed by atoms with van der Waals surface area (Å²) in [5.41, 5.74) is 0. The molecule has 3 rings (SSSR count). The third kappa shape index (κ3) is 3.20. The number of aryl methyl sites for hydroxylation is 2. The van der Waals surface area contributed by atoms with Crippen molar-refractivity contribution in [2.45, 2.75) is 6.04 Å². The van der Waals surface area contributed by atoms with Gasteiger partial charge in [-0.1, -0.05) is 5.10 Å². The highest BCUT2D eigenvalue weighted by Gasteiger charge is 2.24. The Morgan fingerprint density at radius 3 is 2.25 bits per heavy atom. The van der Waals surface area contributed by atoms with Gasteiger partial charge in [0, 0.05) is 38.9 Å². The number of hydrogen-bond donors (Lipinski definition) is 2. The second-order valence-electron chi connectivity index (χ2n) is 4.90. The molecule has 3 aromatic heterocycles. The molecule has 0 aliphatic carbocycles. The molecular weight excluding hydrogens is 332 g/mol. The summed E-state index contributed by atoms with van der Waals surface area (Å²) < 4.78 is 8.61. The highest BCUT2D eigenvalue weighted by molar-refractivity contribution is 7.17. The minimum atomic E-state index is -0.514. The normalized spacial score (nSPS) is 10.8. The van der Waals surface area contributed by atoms with Crippen LogP contribution in [-0.2, 0) is 14.1 Å². The van der Waals surface area contributed by atoms with Crippen LogP contribution >= 0.6 is 11.3 Å². The molecule has 3 heterocycles. The van der Waals surface area contributed by atoms with E-state index < -0.39 is 12.1 Å². The van der Waals surface area contributed by atoms with Crippen LogP contribution in [0, 0.1) is 0 Å². The number of ether oxygens (including phenoxy) is 1. The van der Waals surface area contributed by atoms with E-state index in [1.165, 1.54) is 7.11 Å². The Bertz CT molecular complexity index is 798. The van der Waals surface area contributed by atoms with Gasteiger partial charge in [0.05, 0.1) is 7.11 Å². The fourth-order valence-corrected chi connectivity index (χ4v) is 2.72. The predicted molar refractivity (Wildman–Crippen MR) is 86.9 cm³/mol. The maximum absolute atomic E-state index is 12.3. The van der Waals surface area contributed by atoms with Gasteiger partial charge in [-0.25, -0.2) is 14.8 Å². The zero-order valence-corrected chi connectivity index (χ0v) is 14.1. The van der Waals surface area contributed by atoms with Crippen LogP contribution in [0.4, 0.5) is 9.93 Å². The minimum Gasteiger partial charge on any atom is -0.472 e. The molecule has 0 unspecified atom stereocenters. The van der Waals surface area contributed by atoms with Crippen LogP contribution in [0.1, 0.15) is 17.7 Å². The lowest BCUT2D eigenvalue weighted by Crippen LogP contribution is -2.35. The molecule has 0 saturated carbocycles. The molecule has 0 fully saturated rings. The Balaban J connectivity index is 1.80. The number of anilines is 1. The quantitative estimate of drug-likeness (QED) is 0.709. The Morgan fingerprint density at radius 1 is 1.17 bits per heavy atom. The summed E-state index contributed by atoms with van der Waals surface area (Å²) in [6.07, 6.45) is 6.95. The van der Waals surface area contributed by atoms with Gasteiger partial charge in [-0.2, -0.15) is 0 Å². The summed E-state index contributed by atoms with van der Waals surface area (Å²) in [6.45, 7) is 0. The SMILES string of the molecule is COc1nnc(NC(=O)NC(c2nccn2C)c2nccn2C)s1. The topological polar surface area (TPSA) is 112 Å². The number of carbonyl (C=O) groups is 1. The van der Waals surface area contributed by atoms with Crippen LogP contribution in [-0.4, -0.2) is 42.4 Å². The van der Waals surface area contributed by atoms with E-state index in [1.54, 1.807) is 24.8 Å². The molecule has 0 aliphatic heterocycles. The molecule has 0 spiro atoms. The van der Waals surface area contributed by atoms with E-state index >= 15 is 0 Å². The van der Waals surface area contributed by atoms with Crippen molar-refractivity contribution in [1.29, 1.82) is 0 Å². The summed E-state index contributed by atoms with van der Waals surface area (Å²) >= 11 is 1.13. The average molecular weight is 348 g/mol. The van der Waals surface area contributed by atoms with E-state index in [4.69, 9.17) is 4.74 Å². The Hall–Kier alpha value is -2.95. The number of aromatic nitrogens is 6. The molecule has 0 saturated heterocycles. The highest BCUT2D eigenvalue weighted by Crippen LogP contribution is 2.22. The van der Waals surface area contributed by atoms with Crippen LogP contribution in [0.15, 0.2) is 24.8 Å². The summed E-state index contributed by atoms with van der Waals surface area (Å²) in [7, 11) is 5.20. The lowest BCUT2D eigenvalue weighted by Gasteiger charge is -2.18. The van der Waals surface area contributed by atoms with E-state index in [0.717, 1.165) is 11.3 Å². The molecule has 0 aliphatic rings. The molecular formula is C13H16N8O2S. The molecule has 126 valence electrons. The van der Waals surface area contributed by atoms with Gasteiger partial charge >= 0.3 is 6.03 Å². The largest absolute Gasteiger partial charge is 0.472 e. The first-order valence-corrected chi connectivity index (χ1v) is 7.79. The molecule has 2 amide bonds. The number of urea groups is 1. The van der Waals surface area contributed by atoms with E-state index in [1.807, 2.05) is 23.2 Å². The van der Waals surface area contributed by atoms with Crippen LogP contribution in [0.3, 0.4) is 0 Å². The standard InChI is InChI=1S/C13H16N8O2S/c1-20-6-4-14-9(20)8(10-15-5-7-21(10)2)16-11(22)17-12-18-19-13(23-3)24-12/h4-8H,1-3H3,(H2,16,17,18,22). The van der Waals surface area contributed by atoms with Crippen LogP contribution in [0.25, 0.3) is 0 Å². The van der Waals surface area contributed by atoms with Gasteiger partial charge in [-0.15, -0.1) is 5.10 Å². The maximum Gasteiger partial charge on any atom is 0.322 e. The third-order valence-electron chi connectivity index (χ3n) is 3.31. The van der Waals surface area contributed by atoms with Crippen molar-refractivity contribution in [3.8, 4) is 5.19 Å². The van der Waals surface area contributed by atoms with Gasteiger partial charge in [0.1, 0.15) is 17.7 Å². The first kappa shape index (κ1) is 15.9. The Kier molecular flexibility index (Phi) is 4.42. The zero-order valence-electron chi connectivity index (χ0n) is 13.3. The first-order chi connectivity index (χ1) is 11.6. The fraction of sp³-hybridized carbons (Fsp3) is 0.308. The van der Waals surface area contributed by atoms with Crippen molar-refractivity contribution < 1.29 is 9.53 Å². The van der Waals surface area contributed by atoms with Crippen molar-refractivity contribution in [2.24, 2.45) is 14.1 Å². The van der Waals surface area contributed by atoms with Crippen molar-refractivity contribution in [1.82, 2.24) is 34.6 Å². The Labute approximate surface area is 141 Å². The molecule has 10 nitrogen and oxygen atoms in total. The van der Waals surface area contributed by atoms with Crippen molar-refractivity contribution in [3.05, 3.63) is 36.4 Å². The number of amides is 2. The van der Waals surface area contributed by atoms with Gasteiger partial charge in [0.2, 0.25) is 5.13 Å². The number of methoxy groups -OCH3 is 1. The average Bonchev–Trinajstić information content (AvgIpc) is 3.27. The van der Waals surface area contributed by atoms with Gasteiger partial charge < -0.3 is 19.2 Å². The minimum absolute atomic E-state index is 0.336. The fourth-order valence-electron chi connectivity index (χ4n) is 2.16.